The first kappa shape index (κ1) is 21.0. The van der Waals surface area contributed by atoms with E-state index in [4.69, 9.17) is 18.9 Å². The first-order chi connectivity index (χ1) is 13.3. The first-order valence-electron chi connectivity index (χ1n) is 8.92. The highest BCUT2D eigenvalue weighted by Gasteiger charge is 2.53. The monoisotopic (exact) mass is 404 g/mol. The molecule has 0 aromatic carbocycles. The molecule has 9 atom stereocenters. The summed E-state index contributed by atoms with van der Waals surface area (Å²) in [6.45, 7) is -0.629. The Morgan fingerprint density at radius 1 is 1.14 bits per heavy atom. The van der Waals surface area contributed by atoms with Gasteiger partial charge in [0.2, 0.25) is 6.29 Å². The van der Waals surface area contributed by atoms with Crippen molar-refractivity contribution in [3.63, 3.8) is 0 Å². The van der Waals surface area contributed by atoms with Crippen LogP contribution in [0.15, 0.2) is 11.8 Å². The summed E-state index contributed by atoms with van der Waals surface area (Å²) < 4.78 is 21.2. The topological polar surface area (TPSA) is 172 Å². The number of esters is 1. The predicted molar refractivity (Wildman–Crippen MR) is 87.2 cm³/mol. The van der Waals surface area contributed by atoms with Gasteiger partial charge in [-0.25, -0.2) is 4.79 Å². The zero-order chi connectivity index (χ0) is 20.6. The van der Waals surface area contributed by atoms with Gasteiger partial charge in [-0.1, -0.05) is 0 Å². The standard InChI is InChI=1S/C17H24O11/c1-25-15(24)7-3-2-6-8(14(22)23)5-26-16(10(6)7)28-17-13(21)12(20)11(19)9(4-18)27-17/h5-7,9-13,16-21H,2-4H2,1H3,(H,22,23)/t6-,7+,9-,10-,11-,12-,13+,16+,17+/m1/s1. The van der Waals surface area contributed by atoms with E-state index in [2.05, 4.69) is 0 Å². The van der Waals surface area contributed by atoms with Crippen molar-refractivity contribution < 1.29 is 54.1 Å². The Kier molecular flexibility index (Phi) is 6.22. The fourth-order valence-electron chi connectivity index (χ4n) is 4.16. The van der Waals surface area contributed by atoms with Crippen molar-refractivity contribution >= 4 is 11.9 Å². The van der Waals surface area contributed by atoms with Crippen molar-refractivity contribution in [2.75, 3.05) is 13.7 Å². The van der Waals surface area contributed by atoms with Crippen LogP contribution in [0.1, 0.15) is 12.8 Å². The van der Waals surface area contributed by atoms with Gasteiger partial charge in [-0.05, 0) is 12.8 Å². The average Bonchev–Trinajstić information content (AvgIpc) is 3.13. The number of carboxylic acid groups (broad SMARTS) is 1. The van der Waals surface area contributed by atoms with E-state index in [1.54, 1.807) is 0 Å². The molecular weight excluding hydrogens is 380 g/mol. The summed E-state index contributed by atoms with van der Waals surface area (Å²) in [7, 11) is 1.22. The maximum Gasteiger partial charge on any atom is 0.334 e. The number of hydrogen-bond acceptors (Lipinski definition) is 10. The lowest BCUT2D eigenvalue weighted by Crippen LogP contribution is -2.60. The van der Waals surface area contributed by atoms with Crippen molar-refractivity contribution in [1.82, 2.24) is 0 Å². The first-order valence-corrected chi connectivity index (χ1v) is 8.92. The second kappa shape index (κ2) is 8.31. The molecule has 2 aliphatic heterocycles. The number of carbonyl (C=O) groups is 2. The summed E-state index contributed by atoms with van der Waals surface area (Å²) in [6, 6.07) is 0. The lowest BCUT2D eigenvalue weighted by molar-refractivity contribution is -0.342. The lowest BCUT2D eigenvalue weighted by atomic mass is 9.83. The van der Waals surface area contributed by atoms with Gasteiger partial charge in [0, 0.05) is 11.8 Å². The van der Waals surface area contributed by atoms with Crippen LogP contribution in [0.5, 0.6) is 0 Å². The Hall–Kier alpha value is -1.76. The number of fused-ring (bicyclic) bond motifs is 1. The second-order valence-electron chi connectivity index (χ2n) is 7.11. The minimum Gasteiger partial charge on any atom is -0.478 e. The molecule has 3 aliphatic rings. The molecular formula is C17H24O11. The highest BCUT2D eigenvalue weighted by Crippen LogP contribution is 2.47. The van der Waals surface area contributed by atoms with Crippen LogP contribution >= 0.6 is 0 Å². The van der Waals surface area contributed by atoms with Gasteiger partial charge in [0.25, 0.3) is 0 Å². The van der Waals surface area contributed by atoms with E-state index in [-0.39, 0.29) is 5.57 Å². The van der Waals surface area contributed by atoms with E-state index in [1.807, 2.05) is 0 Å². The number of rotatable bonds is 5. The van der Waals surface area contributed by atoms with Crippen molar-refractivity contribution in [3.05, 3.63) is 11.8 Å². The molecule has 0 spiro atoms. The highest BCUT2D eigenvalue weighted by atomic mass is 16.8. The zero-order valence-electron chi connectivity index (χ0n) is 15.1. The normalized spacial score (nSPS) is 42.9. The minimum atomic E-state index is -1.65. The van der Waals surface area contributed by atoms with Crippen molar-refractivity contribution in [2.45, 2.75) is 49.8 Å². The Morgan fingerprint density at radius 3 is 2.46 bits per heavy atom. The van der Waals surface area contributed by atoms with Gasteiger partial charge in [0.05, 0.1) is 31.5 Å². The summed E-state index contributed by atoms with van der Waals surface area (Å²) in [6.07, 6.45) is -6.84. The van der Waals surface area contributed by atoms with Crippen LogP contribution in [0.2, 0.25) is 0 Å². The van der Waals surface area contributed by atoms with Gasteiger partial charge < -0.3 is 44.5 Å². The number of hydrogen-bond donors (Lipinski definition) is 5. The molecule has 1 aliphatic carbocycles. The van der Waals surface area contributed by atoms with Gasteiger partial charge in [-0.2, -0.15) is 0 Å². The molecule has 0 aromatic heterocycles. The second-order valence-corrected chi connectivity index (χ2v) is 7.11. The van der Waals surface area contributed by atoms with Gasteiger partial charge in [0.15, 0.2) is 6.29 Å². The van der Waals surface area contributed by atoms with E-state index in [0.29, 0.717) is 12.8 Å². The van der Waals surface area contributed by atoms with E-state index < -0.39 is 73.3 Å². The van der Waals surface area contributed by atoms with Crippen LogP contribution in [0.4, 0.5) is 0 Å². The van der Waals surface area contributed by atoms with Crippen LogP contribution < -0.4 is 0 Å². The molecule has 0 bridgehead atoms. The Balaban J connectivity index is 1.83. The Bertz CT molecular complexity index is 633. The zero-order valence-corrected chi connectivity index (χ0v) is 15.1. The van der Waals surface area contributed by atoms with Crippen LogP contribution in [0, 0.1) is 17.8 Å². The van der Waals surface area contributed by atoms with Gasteiger partial charge in [-0.3, -0.25) is 4.79 Å². The molecule has 2 heterocycles. The third-order valence-corrected chi connectivity index (χ3v) is 5.63. The quantitative estimate of drug-likeness (QED) is 0.319. The van der Waals surface area contributed by atoms with Crippen LogP contribution in [-0.2, 0) is 28.5 Å². The average molecular weight is 404 g/mol. The number of carboxylic acids is 1. The maximum absolute atomic E-state index is 12.2. The van der Waals surface area contributed by atoms with E-state index in [0.717, 1.165) is 6.26 Å². The molecule has 0 amide bonds. The molecule has 5 N–H and O–H groups in total. The molecule has 11 heteroatoms. The van der Waals surface area contributed by atoms with Crippen molar-refractivity contribution in [3.8, 4) is 0 Å². The summed E-state index contributed by atoms with van der Waals surface area (Å²) in [5.41, 5.74) is 0.00468. The number of aliphatic carboxylic acids is 1. The number of methoxy groups -OCH3 is 1. The van der Waals surface area contributed by atoms with Gasteiger partial charge in [0.1, 0.15) is 24.4 Å². The molecule has 3 rings (SSSR count). The summed E-state index contributed by atoms with van der Waals surface area (Å²) in [5, 5.41) is 48.6. The molecule has 0 unspecified atom stereocenters. The van der Waals surface area contributed by atoms with E-state index >= 15 is 0 Å². The molecule has 0 radical (unpaired) electrons. The number of carbonyl (C=O) groups excluding carboxylic acids is 1. The van der Waals surface area contributed by atoms with Crippen LogP contribution in [-0.4, -0.2) is 88.2 Å². The number of aliphatic hydroxyl groups excluding tert-OH is 4. The molecule has 1 saturated heterocycles. The summed E-state index contributed by atoms with van der Waals surface area (Å²) >= 11 is 0. The Morgan fingerprint density at radius 2 is 1.86 bits per heavy atom. The fraction of sp³-hybridized carbons (Fsp3) is 0.765. The van der Waals surface area contributed by atoms with Crippen LogP contribution in [0.25, 0.3) is 0 Å². The molecule has 0 aromatic rings. The van der Waals surface area contributed by atoms with Crippen molar-refractivity contribution in [1.29, 1.82) is 0 Å². The maximum atomic E-state index is 12.2. The third kappa shape index (κ3) is 3.61. The molecule has 158 valence electrons. The molecule has 11 nitrogen and oxygen atoms in total. The number of aliphatic hydroxyl groups is 4. The molecule has 28 heavy (non-hydrogen) atoms. The molecule has 1 saturated carbocycles. The fourth-order valence-corrected chi connectivity index (χ4v) is 4.16. The largest absolute Gasteiger partial charge is 0.478 e. The molecule has 2 fully saturated rings. The Labute approximate surface area is 160 Å². The van der Waals surface area contributed by atoms with E-state index in [9.17, 15) is 35.1 Å². The predicted octanol–water partition coefficient (Wildman–Crippen LogP) is -2.06. The number of ether oxygens (including phenoxy) is 4. The minimum absolute atomic E-state index is 0.00468. The van der Waals surface area contributed by atoms with Crippen LogP contribution in [0.3, 0.4) is 0 Å². The third-order valence-electron chi connectivity index (χ3n) is 5.63. The summed E-state index contributed by atoms with van der Waals surface area (Å²) in [4.78, 5) is 23.6. The summed E-state index contributed by atoms with van der Waals surface area (Å²) in [5.74, 6) is -3.65. The lowest BCUT2D eigenvalue weighted by Gasteiger charge is -2.43. The SMILES string of the molecule is COC(=O)[C@H]1CC[C@@H]2C(C(=O)O)=CO[C@@H](O[C@@H]3O[C@H](CO)[C@@H](O)[C@@H](O)[C@@H]3O)[C@@H]12. The smallest absolute Gasteiger partial charge is 0.334 e. The highest BCUT2D eigenvalue weighted by molar-refractivity contribution is 5.87. The van der Waals surface area contributed by atoms with E-state index in [1.165, 1.54) is 7.11 Å². The van der Waals surface area contributed by atoms with Gasteiger partial charge >= 0.3 is 11.9 Å². The van der Waals surface area contributed by atoms with Crippen molar-refractivity contribution in [2.24, 2.45) is 17.8 Å². The van der Waals surface area contributed by atoms with Gasteiger partial charge in [-0.15, -0.1) is 0 Å².